The molecule has 0 radical (unpaired) electrons. The third-order valence-corrected chi connectivity index (χ3v) is 3.99. The van der Waals surface area contributed by atoms with Crippen molar-refractivity contribution in [1.29, 1.82) is 0 Å². The fourth-order valence-corrected chi connectivity index (χ4v) is 3.02. The van der Waals surface area contributed by atoms with Crippen molar-refractivity contribution < 1.29 is 4.74 Å². The van der Waals surface area contributed by atoms with Gasteiger partial charge in [0.2, 0.25) is 0 Å². The van der Waals surface area contributed by atoms with Gasteiger partial charge in [0.15, 0.2) is 10.4 Å². The number of aromatic amines is 1. The van der Waals surface area contributed by atoms with Gasteiger partial charge in [-0.15, -0.1) is 0 Å². The number of hydrogen-bond acceptors (Lipinski definition) is 3. The fraction of sp³-hybridized carbons (Fsp3) is 0.714. The molecule has 112 valence electrons. The van der Waals surface area contributed by atoms with Gasteiger partial charge in [0.25, 0.3) is 0 Å². The molecule has 0 aromatic carbocycles. The van der Waals surface area contributed by atoms with Crippen molar-refractivity contribution in [3.8, 4) is 0 Å². The van der Waals surface area contributed by atoms with Gasteiger partial charge in [-0.05, 0) is 24.6 Å². The minimum absolute atomic E-state index is 0.214. The highest BCUT2D eigenvalue weighted by atomic mass is 32.1. The van der Waals surface area contributed by atoms with Gasteiger partial charge >= 0.3 is 0 Å². The number of aryl methyl sites for hydroxylation is 2. The molecule has 2 heterocycles. The highest BCUT2D eigenvalue weighted by Gasteiger charge is 2.23. The van der Waals surface area contributed by atoms with Crippen molar-refractivity contribution in [1.82, 2.24) is 19.3 Å². The largest absolute Gasteiger partial charge is 0.383 e. The van der Waals surface area contributed by atoms with Crippen LogP contribution in [0.5, 0.6) is 0 Å². The summed E-state index contributed by atoms with van der Waals surface area (Å²) in [5, 5.41) is 4.62. The third kappa shape index (κ3) is 2.54. The summed E-state index contributed by atoms with van der Waals surface area (Å²) in [5.74, 6) is 0.435. The van der Waals surface area contributed by atoms with Gasteiger partial charge in [-0.3, -0.25) is 9.25 Å². The lowest BCUT2D eigenvalue weighted by Gasteiger charge is -2.22. The predicted octanol–water partition coefficient (Wildman–Crippen LogP) is 3.23. The summed E-state index contributed by atoms with van der Waals surface area (Å²) < 4.78 is 10.2. The van der Waals surface area contributed by atoms with Crippen LogP contribution in [-0.4, -0.2) is 33.0 Å². The molecule has 0 aliphatic rings. The van der Waals surface area contributed by atoms with Gasteiger partial charge in [0, 0.05) is 14.2 Å². The molecule has 0 aliphatic carbocycles. The third-order valence-electron chi connectivity index (χ3n) is 3.69. The van der Waals surface area contributed by atoms with Crippen molar-refractivity contribution in [2.24, 2.45) is 13.0 Å². The van der Waals surface area contributed by atoms with Crippen molar-refractivity contribution >= 4 is 23.4 Å². The molecule has 5 nitrogen and oxygen atoms in total. The van der Waals surface area contributed by atoms with Crippen LogP contribution >= 0.6 is 12.2 Å². The van der Waals surface area contributed by atoms with Gasteiger partial charge in [0.05, 0.1) is 18.3 Å². The minimum atomic E-state index is 0.214. The average Bonchev–Trinajstić information content (AvgIpc) is 2.85. The molecule has 0 fully saturated rings. The van der Waals surface area contributed by atoms with Gasteiger partial charge in [-0.25, -0.2) is 0 Å². The van der Waals surface area contributed by atoms with Gasteiger partial charge in [-0.1, -0.05) is 27.2 Å². The van der Waals surface area contributed by atoms with Crippen LogP contribution in [0.3, 0.4) is 0 Å². The van der Waals surface area contributed by atoms with E-state index in [1.807, 2.05) is 11.7 Å². The number of aromatic nitrogens is 4. The molecule has 0 spiro atoms. The number of fused-ring (bicyclic) bond motifs is 1. The summed E-state index contributed by atoms with van der Waals surface area (Å²) in [4.78, 5) is 3.33. The number of nitrogens with zero attached hydrogens (tertiary/aromatic N) is 3. The summed E-state index contributed by atoms with van der Waals surface area (Å²) in [7, 11) is 3.71. The number of methoxy groups -OCH3 is 1. The molecule has 1 N–H and O–H groups in total. The van der Waals surface area contributed by atoms with Crippen LogP contribution in [0.4, 0.5) is 0 Å². The molecule has 0 saturated carbocycles. The number of ether oxygens (including phenoxy) is 1. The number of hydrogen-bond donors (Lipinski definition) is 1. The average molecular weight is 296 g/mol. The van der Waals surface area contributed by atoms with Crippen LogP contribution in [0.2, 0.25) is 0 Å². The SMILES string of the molecule is CCCc1nn(C)c2c1[nH]c(=S)n2C(COC)C(C)C. The highest BCUT2D eigenvalue weighted by Crippen LogP contribution is 2.26. The van der Waals surface area contributed by atoms with Gasteiger partial charge in [0.1, 0.15) is 5.52 Å². The van der Waals surface area contributed by atoms with Crippen LogP contribution in [0, 0.1) is 10.7 Å². The van der Waals surface area contributed by atoms with Crippen LogP contribution in [0.25, 0.3) is 11.2 Å². The van der Waals surface area contributed by atoms with Crippen LogP contribution in [0.1, 0.15) is 38.9 Å². The van der Waals surface area contributed by atoms with E-state index < -0.39 is 0 Å². The van der Waals surface area contributed by atoms with E-state index >= 15 is 0 Å². The Kier molecular flexibility index (Phi) is 4.65. The van der Waals surface area contributed by atoms with E-state index in [-0.39, 0.29) is 6.04 Å². The molecule has 0 bridgehead atoms. The second-order valence-electron chi connectivity index (χ2n) is 5.59. The van der Waals surface area contributed by atoms with Crippen molar-refractivity contribution in [3.05, 3.63) is 10.5 Å². The zero-order valence-corrected chi connectivity index (χ0v) is 13.8. The molecule has 0 amide bonds. The van der Waals surface area contributed by atoms with Gasteiger partial charge in [-0.2, -0.15) is 5.10 Å². The summed E-state index contributed by atoms with van der Waals surface area (Å²) in [6.07, 6.45) is 2.03. The van der Waals surface area contributed by atoms with E-state index in [1.54, 1.807) is 7.11 Å². The molecule has 2 aromatic heterocycles. The molecule has 0 aliphatic heterocycles. The van der Waals surface area contributed by atoms with E-state index in [1.165, 1.54) is 0 Å². The molecular weight excluding hydrogens is 272 g/mol. The first-order valence-electron chi connectivity index (χ1n) is 7.16. The monoisotopic (exact) mass is 296 g/mol. The fourth-order valence-electron chi connectivity index (χ4n) is 2.69. The maximum atomic E-state index is 5.53. The van der Waals surface area contributed by atoms with Gasteiger partial charge < -0.3 is 9.72 Å². The second kappa shape index (κ2) is 6.10. The first-order valence-corrected chi connectivity index (χ1v) is 7.57. The van der Waals surface area contributed by atoms with Crippen molar-refractivity contribution in [2.45, 2.75) is 39.7 Å². The lowest BCUT2D eigenvalue weighted by atomic mass is 10.1. The number of nitrogens with one attached hydrogen (secondary N) is 1. The van der Waals surface area contributed by atoms with E-state index in [0.717, 1.165) is 34.5 Å². The van der Waals surface area contributed by atoms with Crippen LogP contribution < -0.4 is 0 Å². The number of H-pyrrole nitrogens is 1. The summed E-state index contributed by atoms with van der Waals surface area (Å²) in [5.41, 5.74) is 3.23. The molecule has 20 heavy (non-hydrogen) atoms. The molecule has 2 rings (SSSR count). The maximum absolute atomic E-state index is 5.53. The lowest BCUT2D eigenvalue weighted by molar-refractivity contribution is 0.134. The Hall–Kier alpha value is -1.14. The smallest absolute Gasteiger partial charge is 0.179 e. The molecule has 6 heteroatoms. The Morgan fingerprint density at radius 2 is 2.10 bits per heavy atom. The Labute approximate surface area is 124 Å². The summed E-state index contributed by atoms with van der Waals surface area (Å²) in [6.45, 7) is 7.18. The second-order valence-corrected chi connectivity index (χ2v) is 5.97. The molecular formula is C14H24N4OS. The standard InChI is InChI=1S/C14H24N4OS/c1-6-7-10-12-13(17(4)16-10)18(14(20)15-12)11(8-19-5)9(2)3/h9,11H,6-8H2,1-5H3,(H,15,20). The Morgan fingerprint density at radius 1 is 1.40 bits per heavy atom. The lowest BCUT2D eigenvalue weighted by Crippen LogP contribution is -2.21. The number of rotatable bonds is 6. The normalized spacial score (nSPS) is 13.5. The quantitative estimate of drug-likeness (QED) is 0.833. The van der Waals surface area contributed by atoms with Crippen molar-refractivity contribution in [2.75, 3.05) is 13.7 Å². The molecule has 1 atom stereocenters. The van der Waals surface area contributed by atoms with E-state index in [2.05, 4.69) is 35.4 Å². The Bertz CT molecular complexity index is 637. The van der Waals surface area contributed by atoms with Crippen molar-refractivity contribution in [3.63, 3.8) is 0 Å². The van der Waals surface area contributed by atoms with E-state index in [9.17, 15) is 0 Å². The maximum Gasteiger partial charge on any atom is 0.179 e. The Balaban J connectivity index is 2.63. The molecule has 1 unspecified atom stereocenters. The zero-order chi connectivity index (χ0) is 14.9. The summed E-state index contributed by atoms with van der Waals surface area (Å²) >= 11 is 5.53. The Morgan fingerprint density at radius 3 is 2.65 bits per heavy atom. The number of imidazole rings is 1. The van der Waals surface area contributed by atoms with E-state index in [4.69, 9.17) is 17.0 Å². The van der Waals surface area contributed by atoms with Crippen LogP contribution in [-0.2, 0) is 18.2 Å². The first-order chi connectivity index (χ1) is 9.51. The molecule has 0 saturated heterocycles. The zero-order valence-electron chi connectivity index (χ0n) is 12.9. The summed E-state index contributed by atoms with van der Waals surface area (Å²) in [6, 6.07) is 0.214. The molecule has 2 aromatic rings. The topological polar surface area (TPSA) is 47.8 Å². The minimum Gasteiger partial charge on any atom is -0.383 e. The van der Waals surface area contributed by atoms with Crippen LogP contribution in [0.15, 0.2) is 0 Å². The van der Waals surface area contributed by atoms with E-state index in [0.29, 0.717) is 12.5 Å². The highest BCUT2D eigenvalue weighted by molar-refractivity contribution is 7.71. The predicted molar refractivity (Wildman–Crippen MR) is 83.6 cm³/mol. The first kappa shape index (κ1) is 15.3.